The lowest BCUT2D eigenvalue weighted by atomic mass is 10.0. The fourth-order valence-corrected chi connectivity index (χ4v) is 1.98. The summed E-state index contributed by atoms with van der Waals surface area (Å²) in [6, 6.07) is 3.83. The summed E-state index contributed by atoms with van der Waals surface area (Å²) in [5, 5.41) is 0. The van der Waals surface area contributed by atoms with Crippen molar-refractivity contribution in [3.05, 3.63) is 23.3 Å². The molecule has 0 unspecified atom stereocenters. The van der Waals surface area contributed by atoms with E-state index in [4.69, 9.17) is 14.2 Å². The number of benzene rings is 1. The third kappa shape index (κ3) is 3.39. The first-order valence-electron chi connectivity index (χ1n) is 5.87. The molecule has 0 spiro atoms. The number of esters is 1. The van der Waals surface area contributed by atoms with Gasteiger partial charge in [-0.05, 0) is 31.0 Å². The predicted molar refractivity (Wildman–Crippen MR) is 69.2 cm³/mol. The molecular formula is C14H20O4. The van der Waals surface area contributed by atoms with Crippen molar-refractivity contribution in [2.24, 2.45) is 0 Å². The van der Waals surface area contributed by atoms with Gasteiger partial charge in [0.25, 0.3) is 0 Å². The molecule has 0 bridgehead atoms. The van der Waals surface area contributed by atoms with Crippen molar-refractivity contribution >= 4 is 5.97 Å². The molecule has 0 radical (unpaired) electrons. The maximum Gasteiger partial charge on any atom is 0.302 e. The van der Waals surface area contributed by atoms with E-state index in [0.717, 1.165) is 16.9 Å². The smallest absolute Gasteiger partial charge is 0.302 e. The Morgan fingerprint density at radius 2 is 1.94 bits per heavy atom. The molecule has 18 heavy (non-hydrogen) atoms. The minimum Gasteiger partial charge on any atom is -0.493 e. The van der Waals surface area contributed by atoms with Gasteiger partial charge in [0.05, 0.1) is 14.2 Å². The van der Waals surface area contributed by atoms with E-state index in [0.29, 0.717) is 12.2 Å². The van der Waals surface area contributed by atoms with E-state index in [9.17, 15) is 4.79 Å². The van der Waals surface area contributed by atoms with Gasteiger partial charge in [-0.2, -0.15) is 0 Å². The van der Waals surface area contributed by atoms with E-state index < -0.39 is 0 Å². The fraction of sp³-hybridized carbons (Fsp3) is 0.500. The average Bonchev–Trinajstić information content (AvgIpc) is 2.30. The molecule has 1 aromatic carbocycles. The van der Waals surface area contributed by atoms with E-state index in [1.54, 1.807) is 14.2 Å². The van der Waals surface area contributed by atoms with Crippen molar-refractivity contribution in [1.82, 2.24) is 0 Å². The molecule has 0 heterocycles. The predicted octanol–water partition coefficient (Wildman–Crippen LogP) is 2.51. The van der Waals surface area contributed by atoms with Gasteiger partial charge in [0, 0.05) is 13.3 Å². The summed E-state index contributed by atoms with van der Waals surface area (Å²) in [6.45, 7) is 5.26. The Bertz CT molecular complexity index is 426. The average molecular weight is 252 g/mol. The normalized spacial score (nSPS) is 11.8. The van der Waals surface area contributed by atoms with Crippen molar-refractivity contribution in [3.63, 3.8) is 0 Å². The molecule has 1 aromatic rings. The van der Waals surface area contributed by atoms with Gasteiger partial charge in [0.15, 0.2) is 11.5 Å². The first-order chi connectivity index (χ1) is 8.49. The van der Waals surface area contributed by atoms with Crippen molar-refractivity contribution in [2.45, 2.75) is 33.3 Å². The van der Waals surface area contributed by atoms with E-state index in [-0.39, 0.29) is 12.1 Å². The molecule has 0 aliphatic carbocycles. The zero-order chi connectivity index (χ0) is 13.7. The van der Waals surface area contributed by atoms with Gasteiger partial charge in [-0.25, -0.2) is 0 Å². The van der Waals surface area contributed by atoms with Gasteiger partial charge in [0.1, 0.15) is 6.10 Å². The maximum absolute atomic E-state index is 10.9. The van der Waals surface area contributed by atoms with Crippen LogP contribution in [0.3, 0.4) is 0 Å². The Labute approximate surface area is 108 Å². The second-order valence-corrected chi connectivity index (χ2v) is 4.21. The summed E-state index contributed by atoms with van der Waals surface area (Å²) in [4.78, 5) is 10.9. The highest BCUT2D eigenvalue weighted by Crippen LogP contribution is 2.33. The molecule has 1 atom stereocenters. The lowest BCUT2D eigenvalue weighted by Gasteiger charge is -2.17. The van der Waals surface area contributed by atoms with E-state index >= 15 is 0 Å². The third-order valence-electron chi connectivity index (χ3n) is 2.78. The molecule has 0 aromatic heterocycles. The van der Waals surface area contributed by atoms with E-state index in [2.05, 4.69) is 0 Å². The molecule has 100 valence electrons. The standard InChI is InChI=1S/C14H20O4/c1-9(18-11(3)15)8-12-6-7-13(16-4)14(17-5)10(12)2/h6-7,9H,8H2,1-5H3/t9-/m1/s1. The van der Waals surface area contributed by atoms with Crippen LogP contribution >= 0.6 is 0 Å². The van der Waals surface area contributed by atoms with Crippen LogP contribution in [0.15, 0.2) is 12.1 Å². The Hall–Kier alpha value is -1.71. The topological polar surface area (TPSA) is 44.8 Å². The second-order valence-electron chi connectivity index (χ2n) is 4.21. The lowest BCUT2D eigenvalue weighted by molar-refractivity contribution is -0.145. The van der Waals surface area contributed by atoms with Crippen LogP contribution < -0.4 is 9.47 Å². The summed E-state index contributed by atoms with van der Waals surface area (Å²) in [6.07, 6.45) is 0.505. The van der Waals surface area contributed by atoms with E-state index in [1.165, 1.54) is 6.92 Å². The largest absolute Gasteiger partial charge is 0.493 e. The molecule has 0 fully saturated rings. The number of hydrogen-bond donors (Lipinski definition) is 0. The molecule has 4 nitrogen and oxygen atoms in total. The van der Waals surface area contributed by atoms with Crippen LogP contribution in [0.5, 0.6) is 11.5 Å². The van der Waals surface area contributed by atoms with Gasteiger partial charge >= 0.3 is 5.97 Å². The summed E-state index contributed by atoms with van der Waals surface area (Å²) in [7, 11) is 3.22. The summed E-state index contributed by atoms with van der Waals surface area (Å²) in [5.41, 5.74) is 2.09. The lowest BCUT2D eigenvalue weighted by Crippen LogP contribution is -2.15. The molecule has 0 saturated carbocycles. The van der Waals surface area contributed by atoms with Crippen molar-refractivity contribution in [1.29, 1.82) is 0 Å². The van der Waals surface area contributed by atoms with Gasteiger partial charge in [-0.1, -0.05) is 6.07 Å². The molecule has 0 saturated heterocycles. The summed E-state index contributed by atoms with van der Waals surface area (Å²) >= 11 is 0. The Morgan fingerprint density at radius 3 is 2.44 bits per heavy atom. The molecular weight excluding hydrogens is 232 g/mol. The van der Waals surface area contributed by atoms with Crippen LogP contribution in [0.1, 0.15) is 25.0 Å². The Kier molecular flexibility index (Phi) is 5.01. The minimum absolute atomic E-state index is 0.153. The second kappa shape index (κ2) is 6.28. The minimum atomic E-state index is -0.263. The summed E-state index contributed by atoms with van der Waals surface area (Å²) < 4.78 is 15.7. The Morgan fingerprint density at radius 1 is 1.28 bits per heavy atom. The molecule has 1 rings (SSSR count). The maximum atomic E-state index is 10.9. The number of ether oxygens (including phenoxy) is 3. The highest BCUT2D eigenvalue weighted by Gasteiger charge is 2.14. The van der Waals surface area contributed by atoms with Crippen molar-refractivity contribution in [2.75, 3.05) is 14.2 Å². The van der Waals surface area contributed by atoms with Crippen LogP contribution in [-0.4, -0.2) is 26.3 Å². The van der Waals surface area contributed by atoms with Crippen molar-refractivity contribution in [3.8, 4) is 11.5 Å². The summed E-state index contributed by atoms with van der Waals surface area (Å²) in [5.74, 6) is 1.17. The third-order valence-corrected chi connectivity index (χ3v) is 2.78. The van der Waals surface area contributed by atoms with Gasteiger partial charge in [-0.15, -0.1) is 0 Å². The molecule has 0 amide bonds. The van der Waals surface area contributed by atoms with Crippen LogP contribution in [0.25, 0.3) is 0 Å². The van der Waals surface area contributed by atoms with Gasteiger partial charge in [-0.3, -0.25) is 4.79 Å². The first-order valence-corrected chi connectivity index (χ1v) is 5.87. The molecule has 4 heteroatoms. The van der Waals surface area contributed by atoms with Crippen molar-refractivity contribution < 1.29 is 19.0 Å². The quantitative estimate of drug-likeness (QED) is 0.755. The number of carbonyl (C=O) groups excluding carboxylic acids is 1. The zero-order valence-corrected chi connectivity index (χ0v) is 11.6. The van der Waals surface area contributed by atoms with Crippen LogP contribution in [-0.2, 0) is 16.0 Å². The van der Waals surface area contributed by atoms with Gasteiger partial charge < -0.3 is 14.2 Å². The number of rotatable bonds is 5. The first kappa shape index (κ1) is 14.4. The Balaban J connectivity index is 2.93. The van der Waals surface area contributed by atoms with E-state index in [1.807, 2.05) is 26.0 Å². The number of carbonyl (C=O) groups is 1. The molecule has 0 aliphatic heterocycles. The fourth-order valence-electron chi connectivity index (χ4n) is 1.98. The van der Waals surface area contributed by atoms with Crippen LogP contribution in [0.4, 0.5) is 0 Å². The number of hydrogen-bond acceptors (Lipinski definition) is 4. The highest BCUT2D eigenvalue weighted by molar-refractivity contribution is 5.66. The number of methoxy groups -OCH3 is 2. The van der Waals surface area contributed by atoms with Gasteiger partial charge in [0.2, 0.25) is 0 Å². The van der Waals surface area contributed by atoms with Crippen LogP contribution in [0.2, 0.25) is 0 Å². The van der Waals surface area contributed by atoms with Crippen LogP contribution in [0, 0.1) is 6.92 Å². The zero-order valence-electron chi connectivity index (χ0n) is 11.6. The molecule has 0 N–H and O–H groups in total. The SMILES string of the molecule is COc1ccc(C[C@@H](C)OC(C)=O)c(C)c1OC. The highest BCUT2D eigenvalue weighted by atomic mass is 16.5. The molecule has 0 aliphatic rings. The monoisotopic (exact) mass is 252 g/mol.